The Kier molecular flexibility index (Phi) is 2.16. The zero-order chi connectivity index (χ0) is 12.9. The first kappa shape index (κ1) is 10.8. The van der Waals surface area contributed by atoms with Crippen molar-refractivity contribution in [2.45, 2.75) is 20.3 Å². The van der Waals surface area contributed by atoms with E-state index in [0.717, 1.165) is 28.3 Å². The van der Waals surface area contributed by atoms with Gasteiger partial charge in [0.25, 0.3) is 0 Å². The maximum atomic E-state index is 11.4. The molecule has 0 aliphatic carbocycles. The molecule has 5 heteroatoms. The summed E-state index contributed by atoms with van der Waals surface area (Å²) in [6.45, 7) is 3.92. The molecule has 5 nitrogen and oxygen atoms in total. The fourth-order valence-electron chi connectivity index (χ4n) is 2.34. The van der Waals surface area contributed by atoms with E-state index >= 15 is 0 Å². The summed E-state index contributed by atoms with van der Waals surface area (Å²) in [6.07, 6.45) is 0.400. The number of hydrogen-bond acceptors (Lipinski definition) is 3. The van der Waals surface area contributed by atoms with Crippen LogP contribution in [-0.4, -0.2) is 15.7 Å². The molecule has 3 N–H and O–H groups in total. The van der Waals surface area contributed by atoms with Gasteiger partial charge in [0.2, 0.25) is 5.91 Å². The summed E-state index contributed by atoms with van der Waals surface area (Å²) in [5, 5.41) is 7.24. The number of benzene rings is 1. The fourth-order valence-corrected chi connectivity index (χ4v) is 2.34. The molecule has 2 heterocycles. The largest absolute Gasteiger partial charge is 0.397 e. The smallest absolute Gasteiger partial charge is 0.228 e. The minimum atomic E-state index is 0.00918. The normalized spacial score (nSPS) is 13.6. The summed E-state index contributed by atoms with van der Waals surface area (Å²) in [6, 6.07) is 5.72. The highest BCUT2D eigenvalue weighted by molar-refractivity contribution is 6.00. The van der Waals surface area contributed by atoms with E-state index in [1.54, 1.807) is 4.68 Å². The zero-order valence-electron chi connectivity index (χ0n) is 10.3. The van der Waals surface area contributed by atoms with E-state index < -0.39 is 0 Å². The van der Waals surface area contributed by atoms with Crippen LogP contribution in [0.2, 0.25) is 0 Å². The molecule has 0 unspecified atom stereocenters. The molecule has 3 rings (SSSR count). The van der Waals surface area contributed by atoms with Crippen LogP contribution in [0.15, 0.2) is 18.2 Å². The van der Waals surface area contributed by atoms with Gasteiger partial charge in [0.05, 0.1) is 23.5 Å². The highest BCUT2D eigenvalue weighted by Crippen LogP contribution is 2.30. The molecule has 2 aromatic rings. The Balaban J connectivity index is 2.17. The standard InChI is InChI=1S/C13H14N4O/c1-7-3-8(2)17(16-7)12-6-11-9(4-10(12)14)5-13(18)15-11/h3-4,6H,5,14H2,1-2H3,(H,15,18). The molecule has 0 bridgehead atoms. The molecule has 1 aliphatic rings. The number of nitrogen functional groups attached to an aromatic ring is 1. The Labute approximate surface area is 105 Å². The second-order valence-electron chi connectivity index (χ2n) is 4.63. The van der Waals surface area contributed by atoms with Gasteiger partial charge in [0, 0.05) is 11.4 Å². The van der Waals surface area contributed by atoms with Crippen LogP contribution in [-0.2, 0) is 11.2 Å². The molecule has 0 atom stereocenters. The number of aromatic nitrogens is 2. The molecule has 1 aromatic carbocycles. The summed E-state index contributed by atoms with van der Waals surface area (Å²) in [4.78, 5) is 11.4. The van der Waals surface area contributed by atoms with Gasteiger partial charge >= 0.3 is 0 Å². The first-order chi connectivity index (χ1) is 8.54. The summed E-state index contributed by atoms with van der Waals surface area (Å²) in [7, 11) is 0. The first-order valence-electron chi connectivity index (χ1n) is 5.80. The quantitative estimate of drug-likeness (QED) is 0.745. The third kappa shape index (κ3) is 1.55. The third-order valence-corrected chi connectivity index (χ3v) is 3.12. The van der Waals surface area contributed by atoms with E-state index in [-0.39, 0.29) is 5.91 Å². The Morgan fingerprint density at radius 3 is 2.78 bits per heavy atom. The summed E-state index contributed by atoms with van der Waals surface area (Å²) < 4.78 is 1.80. The van der Waals surface area contributed by atoms with Gasteiger partial charge in [0.15, 0.2) is 0 Å². The van der Waals surface area contributed by atoms with E-state index in [0.29, 0.717) is 12.1 Å². The molecule has 18 heavy (non-hydrogen) atoms. The third-order valence-electron chi connectivity index (χ3n) is 3.12. The van der Waals surface area contributed by atoms with Crippen molar-refractivity contribution >= 4 is 17.3 Å². The fraction of sp³-hybridized carbons (Fsp3) is 0.231. The Hall–Kier alpha value is -2.30. The Bertz CT molecular complexity index is 657. The molecule has 0 spiro atoms. The van der Waals surface area contributed by atoms with Crippen LogP contribution in [0.3, 0.4) is 0 Å². The monoisotopic (exact) mass is 242 g/mol. The van der Waals surface area contributed by atoms with Crippen LogP contribution in [0.25, 0.3) is 5.69 Å². The number of anilines is 2. The molecular weight excluding hydrogens is 228 g/mol. The van der Waals surface area contributed by atoms with Gasteiger partial charge in [-0.3, -0.25) is 4.79 Å². The van der Waals surface area contributed by atoms with Crippen molar-refractivity contribution in [2.75, 3.05) is 11.1 Å². The van der Waals surface area contributed by atoms with Crippen molar-refractivity contribution in [1.82, 2.24) is 9.78 Å². The van der Waals surface area contributed by atoms with E-state index in [1.807, 2.05) is 32.0 Å². The van der Waals surface area contributed by atoms with Gasteiger partial charge in [-0.25, -0.2) is 4.68 Å². The molecule has 0 radical (unpaired) electrons. The number of fused-ring (bicyclic) bond motifs is 1. The molecular formula is C13H14N4O. The highest BCUT2D eigenvalue weighted by atomic mass is 16.1. The summed E-state index contributed by atoms with van der Waals surface area (Å²) in [5.41, 5.74) is 11.2. The maximum absolute atomic E-state index is 11.4. The SMILES string of the molecule is Cc1cc(C)n(-c2cc3c(cc2N)CC(=O)N3)n1. The van der Waals surface area contributed by atoms with E-state index in [4.69, 9.17) is 5.73 Å². The van der Waals surface area contributed by atoms with Gasteiger partial charge in [-0.15, -0.1) is 0 Å². The van der Waals surface area contributed by atoms with Crippen molar-refractivity contribution in [3.8, 4) is 5.69 Å². The number of rotatable bonds is 1. The van der Waals surface area contributed by atoms with Crippen LogP contribution < -0.4 is 11.1 Å². The molecule has 92 valence electrons. The van der Waals surface area contributed by atoms with Gasteiger partial charge in [-0.05, 0) is 37.6 Å². The molecule has 0 fully saturated rings. The van der Waals surface area contributed by atoms with Crippen molar-refractivity contribution in [3.05, 3.63) is 35.2 Å². The second-order valence-corrected chi connectivity index (χ2v) is 4.63. The molecule has 1 aromatic heterocycles. The lowest BCUT2D eigenvalue weighted by Gasteiger charge is -2.10. The van der Waals surface area contributed by atoms with Crippen molar-refractivity contribution < 1.29 is 4.79 Å². The lowest BCUT2D eigenvalue weighted by atomic mass is 10.1. The lowest BCUT2D eigenvalue weighted by molar-refractivity contribution is -0.115. The second kappa shape index (κ2) is 3.60. The lowest BCUT2D eigenvalue weighted by Crippen LogP contribution is -2.05. The van der Waals surface area contributed by atoms with Crippen molar-refractivity contribution in [2.24, 2.45) is 0 Å². The predicted octanol–water partition coefficient (Wildman–Crippen LogP) is 1.57. The minimum Gasteiger partial charge on any atom is -0.397 e. The average molecular weight is 242 g/mol. The predicted molar refractivity (Wildman–Crippen MR) is 69.8 cm³/mol. The molecule has 1 aliphatic heterocycles. The minimum absolute atomic E-state index is 0.00918. The van der Waals surface area contributed by atoms with Gasteiger partial charge < -0.3 is 11.1 Å². The molecule has 0 saturated carbocycles. The van der Waals surface area contributed by atoms with E-state index in [9.17, 15) is 4.79 Å². The molecule has 1 amide bonds. The first-order valence-corrected chi connectivity index (χ1v) is 5.80. The summed E-state index contributed by atoms with van der Waals surface area (Å²) >= 11 is 0. The number of carbonyl (C=O) groups excluding carboxylic acids is 1. The van der Waals surface area contributed by atoms with E-state index in [2.05, 4.69) is 10.4 Å². The van der Waals surface area contributed by atoms with Gasteiger partial charge in [0.1, 0.15) is 0 Å². The van der Waals surface area contributed by atoms with Crippen LogP contribution in [0.4, 0.5) is 11.4 Å². The zero-order valence-corrected chi connectivity index (χ0v) is 10.3. The number of carbonyl (C=O) groups is 1. The van der Waals surface area contributed by atoms with Crippen LogP contribution in [0, 0.1) is 13.8 Å². The van der Waals surface area contributed by atoms with Crippen LogP contribution >= 0.6 is 0 Å². The summed E-state index contributed by atoms with van der Waals surface area (Å²) in [5.74, 6) is 0.00918. The number of amides is 1. The van der Waals surface area contributed by atoms with Crippen molar-refractivity contribution in [3.63, 3.8) is 0 Å². The number of nitrogens with zero attached hydrogens (tertiary/aromatic N) is 2. The van der Waals surface area contributed by atoms with Crippen molar-refractivity contribution in [1.29, 1.82) is 0 Å². The number of hydrogen-bond donors (Lipinski definition) is 2. The number of nitrogens with one attached hydrogen (secondary N) is 1. The maximum Gasteiger partial charge on any atom is 0.228 e. The van der Waals surface area contributed by atoms with Gasteiger partial charge in [-0.2, -0.15) is 5.10 Å². The van der Waals surface area contributed by atoms with Crippen LogP contribution in [0.5, 0.6) is 0 Å². The molecule has 0 saturated heterocycles. The number of nitrogens with two attached hydrogens (primary N) is 1. The topological polar surface area (TPSA) is 72.9 Å². The van der Waals surface area contributed by atoms with E-state index in [1.165, 1.54) is 0 Å². The van der Waals surface area contributed by atoms with Crippen LogP contribution in [0.1, 0.15) is 17.0 Å². The average Bonchev–Trinajstić information content (AvgIpc) is 2.79. The van der Waals surface area contributed by atoms with Gasteiger partial charge in [-0.1, -0.05) is 0 Å². The Morgan fingerprint density at radius 2 is 2.11 bits per heavy atom. The highest BCUT2D eigenvalue weighted by Gasteiger charge is 2.20. The Morgan fingerprint density at radius 1 is 1.33 bits per heavy atom. The number of aryl methyl sites for hydroxylation is 2.